The largest absolute Gasteiger partial charge is 0.386 e. The number of hydrogen-bond acceptors (Lipinski definition) is 5. The number of nitrogens with one attached hydrogen (secondary N) is 1. The summed E-state index contributed by atoms with van der Waals surface area (Å²) in [5.74, 6) is 0. The summed E-state index contributed by atoms with van der Waals surface area (Å²) in [6.45, 7) is 3.91. The van der Waals surface area contributed by atoms with Crippen LogP contribution in [0.25, 0.3) is 0 Å². The Hall–Kier alpha value is -0.490. The maximum atomic E-state index is 10.2. The molecule has 1 aliphatic heterocycles. The molecule has 5 heteroatoms. The average Bonchev–Trinajstić information content (AvgIpc) is 2.79. The highest BCUT2D eigenvalue weighted by Crippen LogP contribution is 2.24. The van der Waals surface area contributed by atoms with E-state index in [0.717, 1.165) is 6.54 Å². The molecule has 0 radical (unpaired) electrons. The van der Waals surface area contributed by atoms with E-state index in [2.05, 4.69) is 10.3 Å². The van der Waals surface area contributed by atoms with Gasteiger partial charge in [0.05, 0.1) is 11.6 Å². The number of nitrogens with zero attached hydrogens (tertiary/aromatic N) is 1. The minimum atomic E-state index is -0.704. The lowest BCUT2D eigenvalue weighted by molar-refractivity contribution is -0.0262. The molecule has 1 saturated heterocycles. The summed E-state index contributed by atoms with van der Waals surface area (Å²) in [4.78, 5) is 5.18. The molecule has 1 aromatic heterocycles. The van der Waals surface area contributed by atoms with Crippen molar-refractivity contribution >= 4 is 11.3 Å². The monoisotopic (exact) mass is 228 g/mol. The van der Waals surface area contributed by atoms with Crippen LogP contribution >= 0.6 is 11.3 Å². The van der Waals surface area contributed by atoms with E-state index in [1.165, 1.54) is 4.88 Å². The lowest BCUT2D eigenvalue weighted by atomic mass is 9.97. The van der Waals surface area contributed by atoms with Crippen molar-refractivity contribution < 1.29 is 9.84 Å². The molecule has 2 rings (SSSR count). The van der Waals surface area contributed by atoms with E-state index in [1.54, 1.807) is 11.3 Å². The van der Waals surface area contributed by atoms with Gasteiger partial charge in [0.1, 0.15) is 5.60 Å². The third-order valence-electron chi connectivity index (χ3n) is 2.87. The summed E-state index contributed by atoms with van der Waals surface area (Å²) >= 11 is 1.62. The van der Waals surface area contributed by atoms with E-state index in [4.69, 9.17) is 4.74 Å². The second-order valence-corrected chi connectivity index (χ2v) is 4.91. The van der Waals surface area contributed by atoms with Crippen molar-refractivity contribution in [3.63, 3.8) is 0 Å². The van der Waals surface area contributed by atoms with Gasteiger partial charge in [0.2, 0.25) is 0 Å². The zero-order chi connectivity index (χ0) is 10.7. The van der Waals surface area contributed by atoms with Gasteiger partial charge in [-0.2, -0.15) is 0 Å². The quantitative estimate of drug-likeness (QED) is 0.799. The highest BCUT2D eigenvalue weighted by molar-refractivity contribution is 7.09. The van der Waals surface area contributed by atoms with Crippen LogP contribution in [0.4, 0.5) is 0 Å². The number of aliphatic hydroxyl groups is 1. The fourth-order valence-electron chi connectivity index (χ4n) is 1.73. The molecule has 1 aliphatic rings. The molecule has 0 saturated carbocycles. The van der Waals surface area contributed by atoms with Gasteiger partial charge in [-0.3, -0.25) is 4.98 Å². The first-order valence-electron chi connectivity index (χ1n) is 5.13. The van der Waals surface area contributed by atoms with Crippen LogP contribution in [0.5, 0.6) is 0 Å². The highest BCUT2D eigenvalue weighted by Gasteiger charge is 2.38. The molecule has 2 unspecified atom stereocenters. The van der Waals surface area contributed by atoms with E-state index in [0.29, 0.717) is 19.6 Å². The van der Waals surface area contributed by atoms with Gasteiger partial charge in [-0.1, -0.05) is 0 Å². The minimum Gasteiger partial charge on any atom is -0.386 e. The summed E-state index contributed by atoms with van der Waals surface area (Å²) in [5, 5.41) is 13.4. The van der Waals surface area contributed by atoms with Crippen LogP contribution in [0.3, 0.4) is 0 Å². The lowest BCUT2D eigenvalue weighted by Crippen LogP contribution is -2.45. The van der Waals surface area contributed by atoms with Gasteiger partial charge in [0.15, 0.2) is 0 Å². The molecule has 0 spiro atoms. The van der Waals surface area contributed by atoms with Gasteiger partial charge in [-0.15, -0.1) is 11.3 Å². The molecule has 0 amide bonds. The molecule has 2 heterocycles. The standard InChI is InChI=1S/C10H16N2O2S/c1-8-10(13,2-3-14-8)6-11-4-9-5-12-7-15-9/h5,7-8,11,13H,2-4,6H2,1H3. The average molecular weight is 228 g/mol. The van der Waals surface area contributed by atoms with E-state index in [-0.39, 0.29) is 6.10 Å². The molecule has 1 fully saturated rings. The van der Waals surface area contributed by atoms with Gasteiger partial charge in [-0.05, 0) is 6.92 Å². The Balaban J connectivity index is 1.78. The number of ether oxygens (including phenoxy) is 1. The van der Waals surface area contributed by atoms with E-state index in [1.807, 2.05) is 18.6 Å². The van der Waals surface area contributed by atoms with Crippen molar-refractivity contribution in [2.24, 2.45) is 0 Å². The van der Waals surface area contributed by atoms with Crippen LogP contribution in [0.2, 0.25) is 0 Å². The first kappa shape index (κ1) is 11.0. The van der Waals surface area contributed by atoms with Gasteiger partial charge >= 0.3 is 0 Å². The Kier molecular flexibility index (Phi) is 3.35. The van der Waals surface area contributed by atoms with Crippen LogP contribution in [0.15, 0.2) is 11.7 Å². The normalized spacial score (nSPS) is 30.9. The van der Waals surface area contributed by atoms with Crippen LogP contribution in [0, 0.1) is 0 Å². The van der Waals surface area contributed by atoms with E-state index in [9.17, 15) is 5.11 Å². The van der Waals surface area contributed by atoms with Gasteiger partial charge in [0, 0.05) is 37.2 Å². The SMILES string of the molecule is CC1OCCC1(O)CNCc1cncs1. The zero-order valence-corrected chi connectivity index (χ0v) is 9.59. The molecule has 0 aliphatic carbocycles. The predicted octanol–water partition coefficient (Wildman–Crippen LogP) is 0.773. The maximum Gasteiger partial charge on any atom is 0.105 e. The Bertz CT molecular complexity index is 304. The van der Waals surface area contributed by atoms with Crippen molar-refractivity contribution in [3.8, 4) is 0 Å². The summed E-state index contributed by atoms with van der Waals surface area (Å²) in [6, 6.07) is 0. The Labute approximate surface area is 93.3 Å². The summed E-state index contributed by atoms with van der Waals surface area (Å²) in [7, 11) is 0. The van der Waals surface area contributed by atoms with Crippen LogP contribution in [0.1, 0.15) is 18.2 Å². The predicted molar refractivity (Wildman–Crippen MR) is 58.8 cm³/mol. The molecule has 15 heavy (non-hydrogen) atoms. The molecule has 4 nitrogen and oxygen atoms in total. The second kappa shape index (κ2) is 4.57. The van der Waals surface area contributed by atoms with E-state index < -0.39 is 5.60 Å². The fourth-order valence-corrected chi connectivity index (χ4v) is 2.30. The van der Waals surface area contributed by atoms with Crippen molar-refractivity contribution in [1.29, 1.82) is 0 Å². The maximum absolute atomic E-state index is 10.2. The molecule has 0 aromatic carbocycles. The number of aromatic nitrogens is 1. The van der Waals surface area contributed by atoms with Crippen LogP contribution in [-0.4, -0.2) is 34.9 Å². The van der Waals surface area contributed by atoms with Crippen molar-refractivity contribution in [2.75, 3.05) is 13.2 Å². The van der Waals surface area contributed by atoms with Crippen LogP contribution < -0.4 is 5.32 Å². The third-order valence-corrected chi connectivity index (χ3v) is 3.65. The molecule has 2 atom stereocenters. The minimum absolute atomic E-state index is 0.0774. The van der Waals surface area contributed by atoms with Gasteiger partial charge in [-0.25, -0.2) is 0 Å². The number of hydrogen-bond donors (Lipinski definition) is 2. The highest BCUT2D eigenvalue weighted by atomic mass is 32.1. The number of rotatable bonds is 4. The fraction of sp³-hybridized carbons (Fsp3) is 0.700. The Morgan fingerprint density at radius 3 is 3.27 bits per heavy atom. The molecule has 1 aromatic rings. The molecule has 2 N–H and O–H groups in total. The van der Waals surface area contributed by atoms with Crippen molar-refractivity contribution in [3.05, 3.63) is 16.6 Å². The molecular formula is C10H16N2O2S. The molecule has 84 valence electrons. The second-order valence-electron chi connectivity index (χ2n) is 3.94. The molecule has 0 bridgehead atoms. The molecular weight excluding hydrogens is 212 g/mol. The van der Waals surface area contributed by atoms with Gasteiger partial charge in [0.25, 0.3) is 0 Å². The summed E-state index contributed by atoms with van der Waals surface area (Å²) in [6.07, 6.45) is 2.48. The van der Waals surface area contributed by atoms with Crippen molar-refractivity contribution in [2.45, 2.75) is 31.6 Å². The number of thiazole rings is 1. The third kappa shape index (κ3) is 2.55. The van der Waals surface area contributed by atoms with Crippen LogP contribution in [-0.2, 0) is 11.3 Å². The van der Waals surface area contributed by atoms with E-state index >= 15 is 0 Å². The first-order chi connectivity index (χ1) is 7.21. The first-order valence-corrected chi connectivity index (χ1v) is 6.01. The Morgan fingerprint density at radius 2 is 2.67 bits per heavy atom. The Morgan fingerprint density at radius 1 is 1.80 bits per heavy atom. The zero-order valence-electron chi connectivity index (χ0n) is 8.77. The van der Waals surface area contributed by atoms with Crippen molar-refractivity contribution in [1.82, 2.24) is 10.3 Å². The summed E-state index contributed by atoms with van der Waals surface area (Å²) in [5.41, 5.74) is 1.11. The summed E-state index contributed by atoms with van der Waals surface area (Å²) < 4.78 is 5.36. The lowest BCUT2D eigenvalue weighted by Gasteiger charge is -2.26. The topological polar surface area (TPSA) is 54.4 Å². The smallest absolute Gasteiger partial charge is 0.105 e. The van der Waals surface area contributed by atoms with Gasteiger partial charge < -0.3 is 15.2 Å².